The normalized spacial score (nSPS) is 16.2. The molecule has 170 valence electrons. The van der Waals surface area contributed by atoms with E-state index in [1.54, 1.807) is 44.4 Å². The fraction of sp³-hybridized carbons (Fsp3) is 0.240. The predicted octanol–water partition coefficient (Wildman–Crippen LogP) is 4.22. The maximum absolute atomic E-state index is 12.4. The Labute approximate surface area is 192 Å². The van der Waals surface area contributed by atoms with Gasteiger partial charge in [-0.3, -0.25) is 10.2 Å². The molecule has 0 spiro atoms. The maximum Gasteiger partial charge on any atom is 0.282 e. The number of hydrogen-bond acceptors (Lipinski definition) is 6. The van der Waals surface area contributed by atoms with Crippen molar-refractivity contribution < 1.29 is 23.8 Å². The first-order chi connectivity index (χ1) is 15.9. The van der Waals surface area contributed by atoms with Crippen LogP contribution >= 0.6 is 0 Å². The van der Waals surface area contributed by atoms with Gasteiger partial charge in [0.1, 0.15) is 24.7 Å². The fourth-order valence-electron chi connectivity index (χ4n) is 3.43. The molecule has 8 heteroatoms. The molecule has 1 N–H and O–H groups in total. The molecule has 2 heterocycles. The SMILES string of the molecule is COc1cc(/C=C2\C(=N)N3OC(C)=CC3=NC2=O)ccc1OCCOc1cc(C)ccc1C. The molecule has 2 aliphatic rings. The van der Waals surface area contributed by atoms with Crippen molar-refractivity contribution >= 4 is 23.7 Å². The smallest absolute Gasteiger partial charge is 0.282 e. The van der Waals surface area contributed by atoms with Crippen LogP contribution in [0, 0.1) is 19.3 Å². The number of carbonyl (C=O) groups is 1. The third kappa shape index (κ3) is 4.74. The van der Waals surface area contributed by atoms with Gasteiger partial charge in [0.25, 0.3) is 5.91 Å². The number of aliphatic imine (C=N–C) groups is 1. The third-order valence-corrected chi connectivity index (χ3v) is 5.12. The lowest BCUT2D eigenvalue weighted by Crippen LogP contribution is -2.38. The Bertz CT molecular complexity index is 1210. The lowest BCUT2D eigenvalue weighted by Gasteiger charge is -2.23. The Morgan fingerprint density at radius 2 is 1.79 bits per heavy atom. The molecule has 0 fully saturated rings. The summed E-state index contributed by atoms with van der Waals surface area (Å²) in [5.74, 6) is 2.21. The molecule has 1 amide bonds. The predicted molar refractivity (Wildman–Crippen MR) is 125 cm³/mol. The van der Waals surface area contributed by atoms with Crippen LogP contribution in [0.1, 0.15) is 23.6 Å². The van der Waals surface area contributed by atoms with Crippen molar-refractivity contribution in [1.29, 1.82) is 5.41 Å². The molecule has 2 aromatic rings. The molecule has 4 rings (SSSR count). The molecule has 0 saturated heterocycles. The van der Waals surface area contributed by atoms with Crippen LogP contribution in [-0.2, 0) is 9.63 Å². The molecule has 2 aliphatic heterocycles. The molecule has 8 nitrogen and oxygen atoms in total. The van der Waals surface area contributed by atoms with Gasteiger partial charge in [0.05, 0.1) is 12.7 Å². The van der Waals surface area contributed by atoms with Crippen molar-refractivity contribution in [3.8, 4) is 17.2 Å². The van der Waals surface area contributed by atoms with E-state index in [1.165, 1.54) is 5.06 Å². The quantitative estimate of drug-likeness (QED) is 0.505. The number of carbonyl (C=O) groups excluding carboxylic acids is 1. The highest BCUT2D eigenvalue weighted by molar-refractivity contribution is 6.32. The molecular weight excluding hydrogens is 422 g/mol. The monoisotopic (exact) mass is 447 g/mol. The summed E-state index contributed by atoms with van der Waals surface area (Å²) in [6, 6.07) is 11.3. The number of aryl methyl sites for hydroxylation is 2. The van der Waals surface area contributed by atoms with E-state index in [-0.39, 0.29) is 11.4 Å². The van der Waals surface area contributed by atoms with Crippen molar-refractivity contribution in [3.05, 3.63) is 70.5 Å². The van der Waals surface area contributed by atoms with Gasteiger partial charge >= 0.3 is 0 Å². The first-order valence-corrected chi connectivity index (χ1v) is 10.5. The van der Waals surface area contributed by atoms with E-state index in [0.717, 1.165) is 16.9 Å². The van der Waals surface area contributed by atoms with Crippen LogP contribution in [0.3, 0.4) is 0 Å². The zero-order valence-corrected chi connectivity index (χ0v) is 19.0. The van der Waals surface area contributed by atoms with Crippen LogP contribution in [0.4, 0.5) is 0 Å². The highest BCUT2D eigenvalue weighted by atomic mass is 16.7. The number of fused-ring (bicyclic) bond motifs is 1. The molecule has 0 radical (unpaired) electrons. The first-order valence-electron chi connectivity index (χ1n) is 10.5. The van der Waals surface area contributed by atoms with E-state index in [2.05, 4.69) is 4.99 Å². The van der Waals surface area contributed by atoms with E-state index in [1.807, 2.05) is 32.0 Å². The molecule has 0 aromatic heterocycles. The Morgan fingerprint density at radius 3 is 2.55 bits per heavy atom. The molecule has 2 aromatic carbocycles. The number of hydroxylamine groups is 2. The van der Waals surface area contributed by atoms with Crippen molar-refractivity contribution in [2.45, 2.75) is 20.8 Å². The van der Waals surface area contributed by atoms with E-state index in [0.29, 0.717) is 41.9 Å². The van der Waals surface area contributed by atoms with Crippen LogP contribution < -0.4 is 14.2 Å². The Kier molecular flexibility index (Phi) is 6.17. The molecule has 33 heavy (non-hydrogen) atoms. The third-order valence-electron chi connectivity index (χ3n) is 5.12. The summed E-state index contributed by atoms with van der Waals surface area (Å²) in [7, 11) is 1.54. The number of nitrogens with zero attached hydrogens (tertiary/aromatic N) is 2. The van der Waals surface area contributed by atoms with Crippen molar-refractivity contribution in [2.24, 2.45) is 4.99 Å². The minimum atomic E-state index is -0.497. The summed E-state index contributed by atoms with van der Waals surface area (Å²) >= 11 is 0. The van der Waals surface area contributed by atoms with Gasteiger partial charge in [-0.25, -0.2) is 0 Å². The highest BCUT2D eigenvalue weighted by Crippen LogP contribution is 2.30. The Morgan fingerprint density at radius 1 is 1.03 bits per heavy atom. The number of hydrogen-bond donors (Lipinski definition) is 1. The largest absolute Gasteiger partial charge is 0.493 e. The lowest BCUT2D eigenvalue weighted by molar-refractivity contribution is -0.114. The van der Waals surface area contributed by atoms with Crippen molar-refractivity contribution in [1.82, 2.24) is 5.06 Å². The Hall–Kier alpha value is -4.07. The average molecular weight is 447 g/mol. The topological polar surface area (TPSA) is 93.4 Å². The van der Waals surface area contributed by atoms with Gasteiger partial charge in [0, 0.05) is 6.08 Å². The standard InChI is InChI=1S/C25H25N3O5/c1-15-5-6-16(2)21(11-15)32-10-9-31-20-8-7-18(14-22(20)30-4)13-19-24(26)28-23(27-25(19)29)12-17(3)33-28/h5-8,11-14,26H,9-10H2,1-4H3/b19-13+,26-24?. The number of amides is 1. The zero-order chi connectivity index (χ0) is 23.5. The molecule has 0 unspecified atom stereocenters. The van der Waals surface area contributed by atoms with Gasteiger partial charge in [-0.2, -0.15) is 4.99 Å². The second kappa shape index (κ2) is 9.20. The van der Waals surface area contributed by atoms with Crippen LogP contribution in [0.5, 0.6) is 17.2 Å². The molecular formula is C25H25N3O5. The van der Waals surface area contributed by atoms with Crippen LogP contribution in [0.15, 0.2) is 58.8 Å². The van der Waals surface area contributed by atoms with Crippen LogP contribution in [0.2, 0.25) is 0 Å². The van der Waals surface area contributed by atoms with Gasteiger partial charge in [0.2, 0.25) is 0 Å². The van der Waals surface area contributed by atoms with Gasteiger partial charge in [-0.05, 0) is 61.7 Å². The molecule has 0 atom stereocenters. The maximum atomic E-state index is 12.4. The van der Waals surface area contributed by atoms with E-state index in [9.17, 15) is 4.79 Å². The fourth-order valence-corrected chi connectivity index (χ4v) is 3.43. The number of methoxy groups -OCH3 is 1. The van der Waals surface area contributed by atoms with Gasteiger partial charge in [-0.1, -0.05) is 18.2 Å². The van der Waals surface area contributed by atoms with Gasteiger partial charge < -0.3 is 19.0 Å². The second-order valence-electron chi connectivity index (χ2n) is 7.70. The number of nitrogens with one attached hydrogen (secondary N) is 1. The summed E-state index contributed by atoms with van der Waals surface area (Å²) in [4.78, 5) is 21.9. The number of rotatable bonds is 7. The lowest BCUT2D eigenvalue weighted by atomic mass is 10.1. The molecule has 0 saturated carbocycles. The number of benzene rings is 2. The number of allylic oxidation sites excluding steroid dienone is 1. The molecule has 0 aliphatic carbocycles. The zero-order valence-electron chi connectivity index (χ0n) is 19.0. The second-order valence-corrected chi connectivity index (χ2v) is 7.70. The number of ether oxygens (including phenoxy) is 3. The molecule has 0 bridgehead atoms. The average Bonchev–Trinajstić information content (AvgIpc) is 3.17. The van der Waals surface area contributed by atoms with Gasteiger partial charge in [-0.15, -0.1) is 5.06 Å². The minimum Gasteiger partial charge on any atom is -0.493 e. The van der Waals surface area contributed by atoms with Crippen LogP contribution in [0.25, 0.3) is 6.08 Å². The van der Waals surface area contributed by atoms with E-state index < -0.39 is 5.91 Å². The van der Waals surface area contributed by atoms with Crippen molar-refractivity contribution in [3.63, 3.8) is 0 Å². The van der Waals surface area contributed by atoms with E-state index in [4.69, 9.17) is 24.5 Å². The summed E-state index contributed by atoms with van der Waals surface area (Å²) in [6.07, 6.45) is 3.19. The first kappa shape index (κ1) is 22.1. The van der Waals surface area contributed by atoms with Crippen molar-refractivity contribution in [2.75, 3.05) is 20.3 Å². The Balaban J connectivity index is 1.43. The number of amidine groups is 2. The summed E-state index contributed by atoms with van der Waals surface area (Å²) in [5.41, 5.74) is 3.00. The van der Waals surface area contributed by atoms with Gasteiger partial charge in [0.15, 0.2) is 23.2 Å². The summed E-state index contributed by atoms with van der Waals surface area (Å²) in [5, 5.41) is 9.55. The minimum absolute atomic E-state index is 0.0685. The summed E-state index contributed by atoms with van der Waals surface area (Å²) in [6.45, 7) is 6.48. The summed E-state index contributed by atoms with van der Waals surface area (Å²) < 4.78 is 17.1. The van der Waals surface area contributed by atoms with Crippen LogP contribution in [-0.4, -0.2) is 43.0 Å². The van der Waals surface area contributed by atoms with E-state index >= 15 is 0 Å². The highest BCUT2D eigenvalue weighted by Gasteiger charge is 2.34.